The van der Waals surface area contributed by atoms with Gasteiger partial charge in [0.25, 0.3) is 5.91 Å². The number of hydrogen-bond acceptors (Lipinski definition) is 5. The van der Waals surface area contributed by atoms with Gasteiger partial charge in [-0.25, -0.2) is 4.98 Å². The predicted molar refractivity (Wildman–Crippen MR) is 114 cm³/mol. The summed E-state index contributed by atoms with van der Waals surface area (Å²) in [5.74, 6) is 0.578. The number of hydrogen-bond donors (Lipinski definition) is 1. The van der Waals surface area contributed by atoms with E-state index in [9.17, 15) is 10.1 Å². The van der Waals surface area contributed by atoms with Gasteiger partial charge in [0.1, 0.15) is 17.4 Å². The van der Waals surface area contributed by atoms with Crippen LogP contribution < -0.4 is 10.1 Å². The van der Waals surface area contributed by atoms with Crippen molar-refractivity contribution < 1.29 is 9.53 Å². The highest BCUT2D eigenvalue weighted by molar-refractivity contribution is 7.22. The van der Waals surface area contributed by atoms with Crippen LogP contribution in [0.3, 0.4) is 0 Å². The number of benzene rings is 2. The van der Waals surface area contributed by atoms with Gasteiger partial charge in [-0.1, -0.05) is 49.4 Å². The number of nitrogens with zero attached hydrogens (tertiary/aromatic N) is 2. The summed E-state index contributed by atoms with van der Waals surface area (Å²) in [5.41, 5.74) is 2.74. The molecule has 1 atom stereocenters. The van der Waals surface area contributed by atoms with Crippen LogP contribution in [-0.2, 0) is 4.79 Å². The first-order chi connectivity index (χ1) is 13.5. The number of rotatable bonds is 6. The minimum atomic E-state index is -0.491. The molecule has 1 unspecified atom stereocenters. The zero-order valence-corrected chi connectivity index (χ0v) is 16.8. The maximum atomic E-state index is 12.6. The second kappa shape index (κ2) is 8.68. The van der Waals surface area contributed by atoms with E-state index in [-0.39, 0.29) is 5.57 Å². The highest BCUT2D eigenvalue weighted by Crippen LogP contribution is 2.30. The van der Waals surface area contributed by atoms with E-state index >= 15 is 0 Å². The molecule has 0 aliphatic heterocycles. The van der Waals surface area contributed by atoms with Crippen molar-refractivity contribution in [1.29, 1.82) is 5.26 Å². The Hall–Kier alpha value is -3.17. The number of thiazole rings is 1. The van der Waals surface area contributed by atoms with Crippen LogP contribution in [0.15, 0.2) is 48.0 Å². The lowest BCUT2D eigenvalue weighted by Gasteiger charge is -2.07. The fourth-order valence-corrected chi connectivity index (χ4v) is 3.70. The van der Waals surface area contributed by atoms with Gasteiger partial charge in [0.2, 0.25) is 0 Å². The van der Waals surface area contributed by atoms with Crippen LogP contribution in [0.4, 0.5) is 5.13 Å². The van der Waals surface area contributed by atoms with Crippen molar-refractivity contribution in [2.75, 3.05) is 12.4 Å². The number of fused-ring (bicyclic) bond motifs is 1. The summed E-state index contributed by atoms with van der Waals surface area (Å²) in [6.45, 7) is 4.34. The minimum Gasteiger partial charge on any atom is -0.496 e. The van der Waals surface area contributed by atoms with Crippen molar-refractivity contribution in [3.63, 3.8) is 0 Å². The standard InChI is InChI=1S/C22H21N3O2S/c1-4-14(2)15-9-10-18-20(12-15)28-22(24-18)25-21(26)17(13-23)11-16-7-5-6-8-19(16)27-3/h5-12,14H,4H2,1-3H3,(H,24,25,26)/b17-11+. The molecule has 1 amide bonds. The normalized spacial score (nSPS) is 12.4. The average Bonchev–Trinajstić information content (AvgIpc) is 3.12. The lowest BCUT2D eigenvalue weighted by atomic mass is 9.99. The smallest absolute Gasteiger partial charge is 0.268 e. The Morgan fingerprint density at radius 3 is 2.86 bits per heavy atom. The van der Waals surface area contributed by atoms with Crippen molar-refractivity contribution >= 4 is 38.7 Å². The van der Waals surface area contributed by atoms with E-state index in [2.05, 4.69) is 36.3 Å². The quantitative estimate of drug-likeness (QED) is 0.453. The number of ether oxygens (including phenoxy) is 1. The molecule has 1 N–H and O–H groups in total. The number of nitriles is 1. The molecule has 1 heterocycles. The zero-order valence-electron chi connectivity index (χ0n) is 16.0. The Morgan fingerprint density at radius 1 is 1.36 bits per heavy atom. The van der Waals surface area contributed by atoms with Crippen LogP contribution in [0.2, 0.25) is 0 Å². The van der Waals surface area contributed by atoms with Crippen molar-refractivity contribution in [3.8, 4) is 11.8 Å². The predicted octanol–water partition coefficient (Wildman–Crippen LogP) is 5.36. The number of amides is 1. The van der Waals surface area contributed by atoms with Gasteiger partial charge in [0.05, 0.1) is 17.3 Å². The van der Waals surface area contributed by atoms with Gasteiger partial charge < -0.3 is 4.74 Å². The Morgan fingerprint density at radius 2 is 2.14 bits per heavy atom. The number of aromatic nitrogens is 1. The number of anilines is 1. The molecule has 28 heavy (non-hydrogen) atoms. The van der Waals surface area contributed by atoms with Crippen molar-refractivity contribution in [3.05, 3.63) is 59.2 Å². The summed E-state index contributed by atoms with van der Waals surface area (Å²) >= 11 is 1.41. The van der Waals surface area contributed by atoms with Crippen LogP contribution in [-0.4, -0.2) is 18.0 Å². The summed E-state index contributed by atoms with van der Waals surface area (Å²) in [4.78, 5) is 17.0. The lowest BCUT2D eigenvalue weighted by molar-refractivity contribution is -0.112. The molecule has 3 rings (SSSR count). The molecule has 142 valence electrons. The molecule has 2 aromatic carbocycles. The Balaban J connectivity index is 1.85. The maximum Gasteiger partial charge on any atom is 0.268 e. The van der Waals surface area contributed by atoms with Gasteiger partial charge in [-0.2, -0.15) is 5.26 Å². The molecule has 0 radical (unpaired) electrons. The van der Waals surface area contributed by atoms with Crippen LogP contribution in [0.1, 0.15) is 37.3 Å². The van der Waals surface area contributed by atoms with Crippen molar-refractivity contribution in [2.24, 2.45) is 0 Å². The van der Waals surface area contributed by atoms with Gasteiger partial charge in [-0.3, -0.25) is 10.1 Å². The molecule has 6 heteroatoms. The molecular weight excluding hydrogens is 370 g/mol. The first-order valence-electron chi connectivity index (χ1n) is 9.02. The summed E-state index contributed by atoms with van der Waals surface area (Å²) in [6.07, 6.45) is 2.58. The summed E-state index contributed by atoms with van der Waals surface area (Å²) in [5, 5.41) is 12.6. The SMILES string of the molecule is CCC(C)c1ccc2nc(NC(=O)/C(C#N)=C/c3ccccc3OC)sc2c1. The zero-order chi connectivity index (χ0) is 20.1. The molecule has 1 aromatic heterocycles. The highest BCUT2D eigenvalue weighted by Gasteiger charge is 2.14. The largest absolute Gasteiger partial charge is 0.496 e. The van der Waals surface area contributed by atoms with Crippen LogP contribution in [0.5, 0.6) is 5.75 Å². The van der Waals surface area contributed by atoms with Gasteiger partial charge >= 0.3 is 0 Å². The Kier molecular flexibility index (Phi) is 6.07. The lowest BCUT2D eigenvalue weighted by Crippen LogP contribution is -2.13. The number of methoxy groups -OCH3 is 1. The molecule has 0 saturated carbocycles. The molecule has 0 bridgehead atoms. The highest BCUT2D eigenvalue weighted by atomic mass is 32.1. The number of para-hydroxylation sites is 1. The molecular formula is C22H21N3O2S. The van der Waals surface area contributed by atoms with Gasteiger partial charge in [-0.15, -0.1) is 0 Å². The molecule has 5 nitrogen and oxygen atoms in total. The van der Waals surface area contributed by atoms with E-state index in [1.165, 1.54) is 23.0 Å². The third kappa shape index (κ3) is 4.21. The molecule has 0 saturated heterocycles. The maximum absolute atomic E-state index is 12.6. The molecule has 0 spiro atoms. The molecule has 0 aliphatic carbocycles. The first kappa shape index (κ1) is 19.6. The van der Waals surface area contributed by atoms with E-state index in [0.29, 0.717) is 22.4 Å². The van der Waals surface area contributed by atoms with E-state index in [1.54, 1.807) is 19.2 Å². The van der Waals surface area contributed by atoms with Crippen molar-refractivity contribution in [1.82, 2.24) is 4.98 Å². The first-order valence-corrected chi connectivity index (χ1v) is 9.84. The van der Waals surface area contributed by atoms with Crippen LogP contribution >= 0.6 is 11.3 Å². The fraction of sp³-hybridized carbons (Fsp3) is 0.227. The monoisotopic (exact) mass is 391 g/mol. The second-order valence-corrected chi connectivity index (χ2v) is 7.45. The third-order valence-electron chi connectivity index (χ3n) is 4.62. The summed E-state index contributed by atoms with van der Waals surface area (Å²) in [6, 6.07) is 15.3. The van der Waals surface area contributed by atoms with Crippen LogP contribution in [0.25, 0.3) is 16.3 Å². The number of carbonyl (C=O) groups excluding carboxylic acids is 1. The Bertz CT molecular complexity index is 1080. The topological polar surface area (TPSA) is 75.0 Å². The van der Waals surface area contributed by atoms with E-state index in [1.807, 2.05) is 24.3 Å². The fourth-order valence-electron chi connectivity index (χ4n) is 2.79. The molecule has 0 fully saturated rings. The average molecular weight is 391 g/mol. The third-order valence-corrected chi connectivity index (χ3v) is 5.55. The minimum absolute atomic E-state index is 0.0101. The summed E-state index contributed by atoms with van der Waals surface area (Å²) in [7, 11) is 1.55. The van der Waals surface area contributed by atoms with Gasteiger partial charge in [0, 0.05) is 5.56 Å². The van der Waals surface area contributed by atoms with E-state index in [0.717, 1.165) is 16.6 Å². The van der Waals surface area contributed by atoms with E-state index < -0.39 is 5.91 Å². The van der Waals surface area contributed by atoms with Crippen molar-refractivity contribution in [2.45, 2.75) is 26.2 Å². The molecule has 0 aliphatic rings. The van der Waals surface area contributed by atoms with Gasteiger partial charge in [0.15, 0.2) is 5.13 Å². The van der Waals surface area contributed by atoms with Crippen LogP contribution in [0, 0.1) is 11.3 Å². The molecule has 3 aromatic rings. The number of carbonyl (C=O) groups is 1. The Labute approximate surface area is 168 Å². The van der Waals surface area contributed by atoms with E-state index in [4.69, 9.17) is 4.74 Å². The number of nitrogens with one attached hydrogen (secondary N) is 1. The van der Waals surface area contributed by atoms with Gasteiger partial charge in [-0.05, 0) is 42.2 Å². The second-order valence-electron chi connectivity index (χ2n) is 6.42. The summed E-state index contributed by atoms with van der Waals surface area (Å²) < 4.78 is 6.29.